The number of ketones is 1. The molecule has 0 amide bonds. The first-order chi connectivity index (χ1) is 7.49. The standard InChI is InChI=1S/C13H19NO2/c1-10(15)9-12-5-7-13(8-6-12)16-11(2)14(3)4/h5-8,11H,9H2,1-4H3. The Labute approximate surface area is 97.0 Å². The fraction of sp³-hybridized carbons (Fsp3) is 0.462. The summed E-state index contributed by atoms with van der Waals surface area (Å²) >= 11 is 0. The van der Waals surface area contributed by atoms with Crippen LogP contribution in [0.15, 0.2) is 24.3 Å². The molecule has 16 heavy (non-hydrogen) atoms. The molecule has 1 aromatic carbocycles. The first kappa shape index (κ1) is 12.7. The van der Waals surface area contributed by atoms with Gasteiger partial charge in [-0.3, -0.25) is 9.69 Å². The second-order valence-electron chi connectivity index (χ2n) is 4.20. The van der Waals surface area contributed by atoms with Gasteiger partial charge in [0.15, 0.2) is 0 Å². The molecule has 0 aromatic heterocycles. The van der Waals surface area contributed by atoms with Crippen molar-refractivity contribution in [2.24, 2.45) is 0 Å². The van der Waals surface area contributed by atoms with Gasteiger partial charge in [-0.2, -0.15) is 0 Å². The SMILES string of the molecule is CC(=O)Cc1ccc(OC(C)N(C)C)cc1. The highest BCUT2D eigenvalue weighted by molar-refractivity contribution is 5.78. The largest absolute Gasteiger partial charge is 0.475 e. The Morgan fingerprint density at radius 3 is 2.31 bits per heavy atom. The molecule has 3 heteroatoms. The molecule has 0 bridgehead atoms. The monoisotopic (exact) mass is 221 g/mol. The third-order valence-electron chi connectivity index (χ3n) is 2.41. The van der Waals surface area contributed by atoms with Gasteiger partial charge in [0.25, 0.3) is 0 Å². The summed E-state index contributed by atoms with van der Waals surface area (Å²) in [5, 5.41) is 0. The Kier molecular flexibility index (Phi) is 4.50. The van der Waals surface area contributed by atoms with E-state index in [-0.39, 0.29) is 12.0 Å². The molecule has 88 valence electrons. The van der Waals surface area contributed by atoms with Crippen molar-refractivity contribution in [1.29, 1.82) is 0 Å². The number of Topliss-reactive ketones (excluding diaryl/α,β-unsaturated/α-hetero) is 1. The molecule has 1 unspecified atom stereocenters. The normalized spacial score (nSPS) is 12.6. The first-order valence-electron chi connectivity index (χ1n) is 5.40. The molecule has 0 saturated carbocycles. The number of nitrogens with zero attached hydrogens (tertiary/aromatic N) is 1. The summed E-state index contributed by atoms with van der Waals surface area (Å²) in [5.74, 6) is 1.00. The smallest absolute Gasteiger partial charge is 0.149 e. The van der Waals surface area contributed by atoms with Crippen LogP contribution >= 0.6 is 0 Å². The van der Waals surface area contributed by atoms with Crippen LogP contribution in [0.1, 0.15) is 19.4 Å². The maximum Gasteiger partial charge on any atom is 0.149 e. The Hall–Kier alpha value is -1.35. The van der Waals surface area contributed by atoms with Crippen molar-refractivity contribution < 1.29 is 9.53 Å². The lowest BCUT2D eigenvalue weighted by molar-refractivity contribution is -0.116. The van der Waals surface area contributed by atoms with Gasteiger partial charge in [-0.25, -0.2) is 0 Å². The highest BCUT2D eigenvalue weighted by atomic mass is 16.5. The molecule has 0 spiro atoms. The number of hydrogen-bond donors (Lipinski definition) is 0. The van der Waals surface area contributed by atoms with Gasteiger partial charge in [-0.15, -0.1) is 0 Å². The first-order valence-corrected chi connectivity index (χ1v) is 5.40. The average molecular weight is 221 g/mol. The minimum Gasteiger partial charge on any atom is -0.475 e. The lowest BCUT2D eigenvalue weighted by Gasteiger charge is -2.21. The molecule has 0 heterocycles. The van der Waals surface area contributed by atoms with Crippen LogP contribution in [0.3, 0.4) is 0 Å². The molecule has 1 aromatic rings. The zero-order chi connectivity index (χ0) is 12.1. The van der Waals surface area contributed by atoms with Crippen LogP contribution in [0.25, 0.3) is 0 Å². The van der Waals surface area contributed by atoms with Gasteiger partial charge >= 0.3 is 0 Å². The number of rotatable bonds is 5. The molecular formula is C13H19NO2. The minimum atomic E-state index is 0.0404. The van der Waals surface area contributed by atoms with Gasteiger partial charge < -0.3 is 4.74 Å². The quantitative estimate of drug-likeness (QED) is 0.713. The second-order valence-corrected chi connectivity index (χ2v) is 4.20. The predicted octanol–water partition coefficient (Wildman–Crippen LogP) is 2.10. The van der Waals surface area contributed by atoms with E-state index in [4.69, 9.17) is 4.74 Å². The van der Waals surface area contributed by atoms with E-state index in [1.165, 1.54) is 0 Å². The maximum absolute atomic E-state index is 10.9. The van der Waals surface area contributed by atoms with Crippen LogP contribution in [-0.2, 0) is 11.2 Å². The summed E-state index contributed by atoms with van der Waals surface area (Å²) in [6.45, 7) is 3.59. The molecule has 1 rings (SSSR count). The fourth-order valence-electron chi connectivity index (χ4n) is 1.28. The van der Waals surface area contributed by atoms with Gasteiger partial charge in [0.05, 0.1) is 0 Å². The molecular weight excluding hydrogens is 202 g/mol. The summed E-state index contributed by atoms with van der Waals surface area (Å²) in [6.07, 6.45) is 0.530. The Morgan fingerprint density at radius 2 is 1.88 bits per heavy atom. The highest BCUT2D eigenvalue weighted by Crippen LogP contribution is 2.14. The van der Waals surface area contributed by atoms with Crippen LogP contribution in [-0.4, -0.2) is 31.0 Å². The zero-order valence-electron chi connectivity index (χ0n) is 10.4. The number of benzene rings is 1. The Balaban J connectivity index is 2.61. The second kappa shape index (κ2) is 5.66. The predicted molar refractivity (Wildman–Crippen MR) is 64.6 cm³/mol. The van der Waals surface area contributed by atoms with E-state index in [1.807, 2.05) is 50.2 Å². The van der Waals surface area contributed by atoms with E-state index < -0.39 is 0 Å². The third-order valence-corrected chi connectivity index (χ3v) is 2.41. The van der Waals surface area contributed by atoms with Gasteiger partial charge in [-0.1, -0.05) is 12.1 Å². The molecule has 0 aliphatic heterocycles. The molecule has 0 fully saturated rings. The lowest BCUT2D eigenvalue weighted by Crippen LogP contribution is -2.30. The average Bonchev–Trinajstić information content (AvgIpc) is 2.20. The van der Waals surface area contributed by atoms with Crippen LogP contribution in [0.2, 0.25) is 0 Å². The van der Waals surface area contributed by atoms with Crippen molar-refractivity contribution in [2.45, 2.75) is 26.5 Å². The molecule has 0 aliphatic carbocycles. The van der Waals surface area contributed by atoms with E-state index in [2.05, 4.69) is 0 Å². The van der Waals surface area contributed by atoms with Gasteiger partial charge in [0, 0.05) is 6.42 Å². The molecule has 0 saturated heterocycles. The highest BCUT2D eigenvalue weighted by Gasteiger charge is 2.05. The lowest BCUT2D eigenvalue weighted by atomic mass is 10.1. The number of ether oxygens (including phenoxy) is 1. The van der Waals surface area contributed by atoms with Crippen LogP contribution in [0.5, 0.6) is 5.75 Å². The molecule has 3 nitrogen and oxygen atoms in total. The molecule has 0 radical (unpaired) electrons. The number of hydrogen-bond acceptors (Lipinski definition) is 3. The van der Waals surface area contributed by atoms with Crippen molar-refractivity contribution in [3.63, 3.8) is 0 Å². The van der Waals surface area contributed by atoms with Gasteiger partial charge in [-0.05, 0) is 45.6 Å². The third kappa shape index (κ3) is 4.03. The van der Waals surface area contributed by atoms with Crippen molar-refractivity contribution in [2.75, 3.05) is 14.1 Å². The van der Waals surface area contributed by atoms with Crippen molar-refractivity contribution in [3.8, 4) is 5.75 Å². The van der Waals surface area contributed by atoms with Gasteiger partial charge in [0.2, 0.25) is 0 Å². The van der Waals surface area contributed by atoms with E-state index in [0.717, 1.165) is 11.3 Å². The molecule has 0 aliphatic rings. The molecule has 1 atom stereocenters. The van der Waals surface area contributed by atoms with E-state index in [9.17, 15) is 4.79 Å². The summed E-state index contributed by atoms with van der Waals surface area (Å²) in [7, 11) is 3.93. The fourth-order valence-corrected chi connectivity index (χ4v) is 1.28. The van der Waals surface area contributed by atoms with Crippen molar-refractivity contribution in [3.05, 3.63) is 29.8 Å². The summed E-state index contributed by atoms with van der Waals surface area (Å²) in [5.41, 5.74) is 1.03. The number of carbonyl (C=O) groups excluding carboxylic acids is 1. The summed E-state index contributed by atoms with van der Waals surface area (Å²) < 4.78 is 5.68. The van der Waals surface area contributed by atoms with Crippen LogP contribution < -0.4 is 4.74 Å². The van der Waals surface area contributed by atoms with Crippen LogP contribution in [0, 0.1) is 0 Å². The van der Waals surface area contributed by atoms with E-state index >= 15 is 0 Å². The Morgan fingerprint density at radius 1 is 1.31 bits per heavy atom. The van der Waals surface area contributed by atoms with Crippen molar-refractivity contribution in [1.82, 2.24) is 4.90 Å². The number of carbonyl (C=O) groups is 1. The molecule has 0 N–H and O–H groups in total. The van der Waals surface area contributed by atoms with Crippen LogP contribution in [0.4, 0.5) is 0 Å². The van der Waals surface area contributed by atoms with E-state index in [1.54, 1.807) is 6.92 Å². The van der Waals surface area contributed by atoms with Crippen molar-refractivity contribution >= 4 is 5.78 Å². The summed E-state index contributed by atoms with van der Waals surface area (Å²) in [6, 6.07) is 7.66. The Bertz CT molecular complexity index is 343. The summed E-state index contributed by atoms with van der Waals surface area (Å²) in [4.78, 5) is 12.9. The van der Waals surface area contributed by atoms with Gasteiger partial charge in [0.1, 0.15) is 17.8 Å². The topological polar surface area (TPSA) is 29.5 Å². The zero-order valence-corrected chi connectivity index (χ0v) is 10.4. The maximum atomic E-state index is 10.9. The van der Waals surface area contributed by atoms with E-state index in [0.29, 0.717) is 6.42 Å². The minimum absolute atomic E-state index is 0.0404.